The number of hydrogen-bond acceptors (Lipinski definition) is 6. The third kappa shape index (κ3) is 10.6. The molecule has 5 N–H and O–H groups in total. The van der Waals surface area contributed by atoms with Gasteiger partial charge in [-0.25, -0.2) is 0 Å². The molecule has 198 valence electrons. The maximum absolute atomic E-state index is 9.60. The van der Waals surface area contributed by atoms with Gasteiger partial charge in [0.15, 0.2) is 11.5 Å². The lowest BCUT2D eigenvalue weighted by molar-refractivity contribution is 0.272. The monoisotopic (exact) mass is 498 g/mol. The van der Waals surface area contributed by atoms with Gasteiger partial charge in [0, 0.05) is 11.1 Å². The van der Waals surface area contributed by atoms with Crippen molar-refractivity contribution in [1.29, 1.82) is 0 Å². The summed E-state index contributed by atoms with van der Waals surface area (Å²) in [5, 5.41) is 45.6. The maximum atomic E-state index is 9.60. The van der Waals surface area contributed by atoms with Crippen LogP contribution in [0, 0.1) is 0 Å². The number of aliphatic hydroxyl groups excluding tert-OH is 2. The number of phenols is 3. The molecule has 0 heterocycles. The molecular formula is C30H42O6. The van der Waals surface area contributed by atoms with Gasteiger partial charge in [0.25, 0.3) is 0 Å². The summed E-state index contributed by atoms with van der Waals surface area (Å²) in [6, 6.07) is 16.3. The largest absolute Gasteiger partial charge is 0.508 e. The Morgan fingerprint density at radius 3 is 1.64 bits per heavy atom. The summed E-state index contributed by atoms with van der Waals surface area (Å²) in [7, 11) is 1.51. The number of rotatable bonds is 9. The molecule has 0 unspecified atom stereocenters. The Kier molecular flexibility index (Phi) is 14.8. The van der Waals surface area contributed by atoms with Crippen LogP contribution in [0.2, 0.25) is 0 Å². The fraction of sp³-hybridized carbons (Fsp3) is 0.400. The van der Waals surface area contributed by atoms with Crippen LogP contribution in [0.5, 0.6) is 23.0 Å². The summed E-state index contributed by atoms with van der Waals surface area (Å²) in [6.07, 6.45) is 6.27. The average Bonchev–Trinajstić information content (AvgIpc) is 2.88. The van der Waals surface area contributed by atoms with Crippen molar-refractivity contribution in [1.82, 2.24) is 0 Å². The van der Waals surface area contributed by atoms with Crippen LogP contribution in [0.25, 0.3) is 0 Å². The van der Waals surface area contributed by atoms with Crippen LogP contribution in [0.3, 0.4) is 0 Å². The second kappa shape index (κ2) is 17.2. The lowest BCUT2D eigenvalue weighted by atomic mass is 10.1. The Morgan fingerprint density at radius 2 is 1.11 bits per heavy atom. The van der Waals surface area contributed by atoms with Gasteiger partial charge >= 0.3 is 0 Å². The van der Waals surface area contributed by atoms with E-state index < -0.39 is 0 Å². The third-order valence-electron chi connectivity index (χ3n) is 5.47. The van der Waals surface area contributed by atoms with Crippen LogP contribution in [0.4, 0.5) is 0 Å². The number of methoxy groups -OCH3 is 1. The zero-order chi connectivity index (χ0) is 26.9. The van der Waals surface area contributed by atoms with E-state index in [1.807, 2.05) is 24.3 Å². The van der Waals surface area contributed by atoms with Crippen LogP contribution in [0.15, 0.2) is 54.6 Å². The molecule has 3 aromatic rings. The summed E-state index contributed by atoms with van der Waals surface area (Å²) < 4.78 is 5.01. The zero-order valence-corrected chi connectivity index (χ0v) is 22.0. The first-order valence-electron chi connectivity index (χ1n) is 12.5. The van der Waals surface area contributed by atoms with Gasteiger partial charge in [-0.3, -0.25) is 0 Å². The minimum Gasteiger partial charge on any atom is -0.508 e. The van der Waals surface area contributed by atoms with Crippen LogP contribution in [0.1, 0.15) is 67.9 Å². The molecule has 0 aliphatic heterocycles. The second-order valence-electron chi connectivity index (χ2n) is 8.50. The topological polar surface area (TPSA) is 110 Å². The standard InChI is InChI=1S/C11H16O3.C10H14O2.C9H12O/c1-3-4-8-5-9(7-12)11(13)10(6-8)14-2;1-2-3-8-4-5-10(12)9(6-8)7-11;1-2-3-8-4-6-9(10)7-5-8/h5-6,12-13H,3-4,7H2,1-2H3;4-6,11-12H,2-3,7H2,1H3;4-7,10H,2-3H2,1H3. The zero-order valence-electron chi connectivity index (χ0n) is 22.0. The second-order valence-corrected chi connectivity index (χ2v) is 8.50. The minimum atomic E-state index is -0.167. The molecule has 6 heteroatoms. The van der Waals surface area contributed by atoms with E-state index in [-0.39, 0.29) is 24.7 Å². The van der Waals surface area contributed by atoms with E-state index in [0.29, 0.717) is 22.6 Å². The van der Waals surface area contributed by atoms with Gasteiger partial charge in [0.05, 0.1) is 20.3 Å². The Bertz CT molecular complexity index is 989. The summed E-state index contributed by atoms with van der Waals surface area (Å²) >= 11 is 0. The van der Waals surface area contributed by atoms with Crippen molar-refractivity contribution in [2.75, 3.05) is 7.11 Å². The molecule has 0 amide bonds. The average molecular weight is 499 g/mol. The molecule has 3 rings (SSSR count). The number of ether oxygens (including phenoxy) is 1. The maximum Gasteiger partial charge on any atom is 0.163 e. The number of benzene rings is 3. The summed E-state index contributed by atoms with van der Waals surface area (Å²) in [4.78, 5) is 0. The fourth-order valence-corrected chi connectivity index (χ4v) is 3.60. The SMILES string of the molecule is CCCc1cc(CO)c(O)c(OC)c1.CCCc1ccc(O)c(CO)c1.CCCc1ccc(O)cc1. The highest BCUT2D eigenvalue weighted by molar-refractivity contribution is 5.48. The molecule has 3 aromatic carbocycles. The minimum absolute atomic E-state index is 0.0369. The number of aryl methyl sites for hydroxylation is 3. The molecule has 0 radical (unpaired) electrons. The molecule has 0 spiro atoms. The first-order valence-corrected chi connectivity index (χ1v) is 12.5. The van der Waals surface area contributed by atoms with Crippen LogP contribution < -0.4 is 4.74 Å². The Balaban J connectivity index is 0.000000274. The van der Waals surface area contributed by atoms with Crippen LogP contribution >= 0.6 is 0 Å². The molecule has 0 aliphatic rings. The van der Waals surface area contributed by atoms with Gasteiger partial charge in [-0.05, 0) is 72.4 Å². The third-order valence-corrected chi connectivity index (χ3v) is 5.47. The van der Waals surface area contributed by atoms with Gasteiger partial charge in [-0.1, -0.05) is 58.2 Å². The van der Waals surface area contributed by atoms with Gasteiger partial charge in [0.1, 0.15) is 11.5 Å². The number of aliphatic hydroxyl groups is 2. The van der Waals surface area contributed by atoms with E-state index in [0.717, 1.165) is 44.1 Å². The molecule has 0 aromatic heterocycles. The Hall–Kier alpha value is -3.22. The summed E-state index contributed by atoms with van der Waals surface area (Å²) in [5.41, 5.74) is 4.67. The Morgan fingerprint density at radius 1 is 0.611 bits per heavy atom. The quantitative estimate of drug-likeness (QED) is 0.246. The highest BCUT2D eigenvalue weighted by atomic mass is 16.5. The van der Waals surface area contributed by atoms with E-state index in [2.05, 4.69) is 20.8 Å². The van der Waals surface area contributed by atoms with E-state index in [9.17, 15) is 10.2 Å². The van der Waals surface area contributed by atoms with E-state index in [1.54, 1.807) is 30.3 Å². The summed E-state index contributed by atoms with van der Waals surface area (Å²) in [5.74, 6) is 0.993. The highest BCUT2D eigenvalue weighted by Gasteiger charge is 2.09. The lowest BCUT2D eigenvalue weighted by Gasteiger charge is -2.10. The van der Waals surface area contributed by atoms with Crippen LogP contribution in [-0.4, -0.2) is 32.6 Å². The van der Waals surface area contributed by atoms with Gasteiger partial charge in [-0.15, -0.1) is 0 Å². The molecule has 0 bridgehead atoms. The lowest BCUT2D eigenvalue weighted by Crippen LogP contribution is -1.93. The highest BCUT2D eigenvalue weighted by Crippen LogP contribution is 2.31. The molecule has 36 heavy (non-hydrogen) atoms. The van der Waals surface area contributed by atoms with Gasteiger partial charge in [-0.2, -0.15) is 0 Å². The molecule has 0 fully saturated rings. The van der Waals surface area contributed by atoms with E-state index in [1.165, 1.54) is 18.2 Å². The molecular weight excluding hydrogens is 456 g/mol. The van der Waals surface area contributed by atoms with Crippen molar-refractivity contribution in [3.63, 3.8) is 0 Å². The predicted molar refractivity (Wildman–Crippen MR) is 145 cm³/mol. The number of hydrogen-bond donors (Lipinski definition) is 5. The van der Waals surface area contributed by atoms with E-state index in [4.69, 9.17) is 20.1 Å². The van der Waals surface area contributed by atoms with E-state index >= 15 is 0 Å². The van der Waals surface area contributed by atoms with Crippen molar-refractivity contribution in [3.05, 3.63) is 82.4 Å². The van der Waals surface area contributed by atoms with Crippen molar-refractivity contribution >= 4 is 0 Å². The van der Waals surface area contributed by atoms with Crippen LogP contribution in [-0.2, 0) is 32.5 Å². The van der Waals surface area contributed by atoms with Crippen molar-refractivity contribution in [2.24, 2.45) is 0 Å². The predicted octanol–water partition coefficient (Wildman–Crippen LogP) is 6.03. The number of phenolic OH excluding ortho intramolecular Hbond substituents is 1. The normalized spacial score (nSPS) is 10.1. The van der Waals surface area contributed by atoms with Crippen molar-refractivity contribution in [2.45, 2.75) is 72.5 Å². The summed E-state index contributed by atoms with van der Waals surface area (Å²) in [6.45, 7) is 6.07. The molecule has 0 aliphatic carbocycles. The molecule has 0 saturated carbocycles. The Labute approximate surface area is 215 Å². The first kappa shape index (κ1) is 30.8. The number of aromatic hydroxyl groups is 3. The van der Waals surface area contributed by atoms with Gasteiger partial charge < -0.3 is 30.3 Å². The first-order chi connectivity index (χ1) is 17.3. The smallest absolute Gasteiger partial charge is 0.163 e. The molecule has 0 saturated heterocycles. The molecule has 6 nitrogen and oxygen atoms in total. The molecule has 0 atom stereocenters. The van der Waals surface area contributed by atoms with Gasteiger partial charge in [0.2, 0.25) is 0 Å². The van der Waals surface area contributed by atoms with Crippen molar-refractivity contribution in [3.8, 4) is 23.0 Å². The van der Waals surface area contributed by atoms with Crippen molar-refractivity contribution < 1.29 is 30.3 Å². The fourth-order valence-electron chi connectivity index (χ4n) is 3.60.